The number of hydrogen-bond donors (Lipinski definition) is 2. The first-order chi connectivity index (χ1) is 6.45. The Morgan fingerprint density at radius 2 is 2.14 bits per heavy atom. The predicted molar refractivity (Wildman–Crippen MR) is 58.8 cm³/mol. The molecule has 78 valence electrons. The monoisotopic (exact) mass is 214 g/mol. The maximum absolute atomic E-state index is 4.12. The van der Waals surface area contributed by atoms with Crippen molar-refractivity contribution in [3.8, 4) is 0 Å². The number of rotatable bonds is 2. The molecule has 0 aromatic carbocycles. The zero-order valence-electron chi connectivity index (χ0n) is 7.94. The fraction of sp³-hybridized carbons (Fsp3) is 0.556. The summed E-state index contributed by atoms with van der Waals surface area (Å²) in [4.78, 5) is 8.25. The van der Waals surface area contributed by atoms with Gasteiger partial charge in [-0.15, -0.1) is 12.4 Å². The van der Waals surface area contributed by atoms with E-state index in [0.717, 1.165) is 19.0 Å². The summed E-state index contributed by atoms with van der Waals surface area (Å²) in [5.74, 6) is 0.733. The van der Waals surface area contributed by atoms with Crippen molar-refractivity contribution < 1.29 is 0 Å². The highest BCUT2D eigenvalue weighted by Gasteiger charge is 2.12. The molecule has 1 aromatic heterocycles. The standard InChI is InChI=1S/C9H14N4.ClH/c1-3-8(7-10-4-1)13-9-11-5-2-6-12-9;/h2,5-6,8,10H,1,3-4,7H2,(H,11,12,13);1H/t8-;/m0./s1. The number of hydrogen-bond acceptors (Lipinski definition) is 4. The number of anilines is 1. The van der Waals surface area contributed by atoms with Gasteiger partial charge in [-0.3, -0.25) is 0 Å². The molecule has 0 amide bonds. The van der Waals surface area contributed by atoms with Gasteiger partial charge in [-0.05, 0) is 25.5 Å². The Bertz CT molecular complexity index is 248. The minimum absolute atomic E-state index is 0. The number of aromatic nitrogens is 2. The molecule has 1 aliphatic rings. The van der Waals surface area contributed by atoms with Crippen LogP contribution in [-0.2, 0) is 0 Å². The number of nitrogens with one attached hydrogen (secondary N) is 2. The molecule has 2 rings (SSSR count). The Kier molecular flexibility index (Phi) is 4.62. The van der Waals surface area contributed by atoms with Crippen LogP contribution in [0.25, 0.3) is 0 Å². The van der Waals surface area contributed by atoms with Crippen LogP contribution in [0.15, 0.2) is 18.5 Å². The normalized spacial score (nSPS) is 21.0. The van der Waals surface area contributed by atoms with Gasteiger partial charge in [0, 0.05) is 25.0 Å². The van der Waals surface area contributed by atoms with Gasteiger partial charge in [-0.25, -0.2) is 9.97 Å². The number of piperidine rings is 1. The maximum atomic E-state index is 4.12. The molecule has 1 atom stereocenters. The minimum Gasteiger partial charge on any atom is -0.350 e. The second kappa shape index (κ2) is 5.78. The molecule has 2 N–H and O–H groups in total. The third kappa shape index (κ3) is 3.12. The van der Waals surface area contributed by atoms with Crippen molar-refractivity contribution in [1.29, 1.82) is 0 Å². The van der Waals surface area contributed by atoms with E-state index >= 15 is 0 Å². The zero-order valence-corrected chi connectivity index (χ0v) is 8.76. The van der Waals surface area contributed by atoms with E-state index in [9.17, 15) is 0 Å². The van der Waals surface area contributed by atoms with Crippen molar-refractivity contribution in [2.75, 3.05) is 18.4 Å². The molecule has 1 aromatic rings. The molecule has 0 spiro atoms. The zero-order chi connectivity index (χ0) is 8.93. The SMILES string of the molecule is Cl.c1cnc(N[C@H]2CCCNC2)nc1. The van der Waals surface area contributed by atoms with E-state index in [1.807, 2.05) is 6.07 Å². The summed E-state index contributed by atoms with van der Waals surface area (Å²) >= 11 is 0. The van der Waals surface area contributed by atoms with Crippen LogP contribution in [0, 0.1) is 0 Å². The van der Waals surface area contributed by atoms with Gasteiger partial charge in [0.05, 0.1) is 0 Å². The van der Waals surface area contributed by atoms with E-state index in [2.05, 4.69) is 20.6 Å². The summed E-state index contributed by atoms with van der Waals surface area (Å²) in [5.41, 5.74) is 0. The van der Waals surface area contributed by atoms with Gasteiger partial charge in [0.1, 0.15) is 0 Å². The summed E-state index contributed by atoms with van der Waals surface area (Å²) in [6, 6.07) is 2.31. The van der Waals surface area contributed by atoms with Crippen molar-refractivity contribution in [3.63, 3.8) is 0 Å². The first-order valence-electron chi connectivity index (χ1n) is 4.69. The van der Waals surface area contributed by atoms with Crippen LogP contribution in [0.4, 0.5) is 5.95 Å². The third-order valence-corrected chi connectivity index (χ3v) is 2.20. The largest absolute Gasteiger partial charge is 0.350 e. The van der Waals surface area contributed by atoms with Gasteiger partial charge < -0.3 is 10.6 Å². The average molecular weight is 215 g/mol. The summed E-state index contributed by atoms with van der Waals surface area (Å²) in [6.07, 6.45) is 5.94. The number of nitrogens with zero attached hydrogens (tertiary/aromatic N) is 2. The van der Waals surface area contributed by atoms with Gasteiger partial charge in [-0.2, -0.15) is 0 Å². The van der Waals surface area contributed by atoms with Gasteiger partial charge in [0.2, 0.25) is 5.95 Å². The molecule has 1 saturated heterocycles. The van der Waals surface area contributed by atoms with Gasteiger partial charge in [0.25, 0.3) is 0 Å². The average Bonchev–Trinajstić information content (AvgIpc) is 2.21. The van der Waals surface area contributed by atoms with Crippen molar-refractivity contribution in [2.24, 2.45) is 0 Å². The maximum Gasteiger partial charge on any atom is 0.222 e. The lowest BCUT2D eigenvalue weighted by Crippen LogP contribution is -2.38. The second-order valence-corrected chi connectivity index (χ2v) is 3.26. The fourth-order valence-corrected chi connectivity index (χ4v) is 1.53. The van der Waals surface area contributed by atoms with Crippen LogP contribution in [-0.4, -0.2) is 29.1 Å². The predicted octanol–water partition coefficient (Wildman–Crippen LogP) is 1.06. The highest BCUT2D eigenvalue weighted by molar-refractivity contribution is 5.85. The molecule has 0 aliphatic carbocycles. The molecule has 0 saturated carbocycles. The molecule has 14 heavy (non-hydrogen) atoms. The second-order valence-electron chi connectivity index (χ2n) is 3.26. The summed E-state index contributed by atoms with van der Waals surface area (Å²) in [5, 5.41) is 6.63. The molecule has 0 unspecified atom stereocenters. The van der Waals surface area contributed by atoms with Gasteiger partial charge >= 0.3 is 0 Å². The van der Waals surface area contributed by atoms with Crippen LogP contribution in [0.1, 0.15) is 12.8 Å². The Labute approximate surface area is 89.9 Å². The fourth-order valence-electron chi connectivity index (χ4n) is 1.53. The van der Waals surface area contributed by atoms with E-state index < -0.39 is 0 Å². The lowest BCUT2D eigenvalue weighted by molar-refractivity contribution is 0.478. The molecular formula is C9H15ClN4. The lowest BCUT2D eigenvalue weighted by Gasteiger charge is -2.23. The van der Waals surface area contributed by atoms with E-state index in [4.69, 9.17) is 0 Å². The summed E-state index contributed by atoms with van der Waals surface area (Å²) < 4.78 is 0. The quantitative estimate of drug-likeness (QED) is 0.773. The summed E-state index contributed by atoms with van der Waals surface area (Å²) in [6.45, 7) is 2.14. The van der Waals surface area contributed by atoms with Gasteiger partial charge in [0.15, 0.2) is 0 Å². The Hall–Kier alpha value is -0.870. The van der Waals surface area contributed by atoms with Crippen molar-refractivity contribution >= 4 is 18.4 Å². The number of halogens is 1. The van der Waals surface area contributed by atoms with Crippen LogP contribution in [0.2, 0.25) is 0 Å². The lowest BCUT2D eigenvalue weighted by atomic mass is 10.1. The molecule has 1 fully saturated rings. The molecule has 5 heteroatoms. The van der Waals surface area contributed by atoms with Gasteiger partial charge in [-0.1, -0.05) is 0 Å². The Morgan fingerprint density at radius 3 is 2.79 bits per heavy atom. The summed E-state index contributed by atoms with van der Waals surface area (Å²) in [7, 11) is 0. The molecule has 2 heterocycles. The smallest absolute Gasteiger partial charge is 0.222 e. The Morgan fingerprint density at radius 1 is 1.36 bits per heavy atom. The molecular weight excluding hydrogens is 200 g/mol. The topological polar surface area (TPSA) is 49.8 Å². The van der Waals surface area contributed by atoms with E-state index in [0.29, 0.717) is 6.04 Å². The Balaban J connectivity index is 0.000000980. The van der Waals surface area contributed by atoms with Crippen LogP contribution >= 0.6 is 12.4 Å². The molecule has 0 radical (unpaired) electrons. The van der Waals surface area contributed by atoms with Crippen LogP contribution in [0.5, 0.6) is 0 Å². The van der Waals surface area contributed by atoms with Crippen molar-refractivity contribution in [1.82, 2.24) is 15.3 Å². The molecule has 0 bridgehead atoms. The minimum atomic E-state index is 0. The van der Waals surface area contributed by atoms with Crippen molar-refractivity contribution in [3.05, 3.63) is 18.5 Å². The molecule has 1 aliphatic heterocycles. The van der Waals surface area contributed by atoms with Crippen molar-refractivity contribution in [2.45, 2.75) is 18.9 Å². The highest BCUT2D eigenvalue weighted by atomic mass is 35.5. The van der Waals surface area contributed by atoms with Crippen LogP contribution < -0.4 is 10.6 Å². The highest BCUT2D eigenvalue weighted by Crippen LogP contribution is 2.06. The third-order valence-electron chi connectivity index (χ3n) is 2.20. The first-order valence-corrected chi connectivity index (χ1v) is 4.69. The van der Waals surface area contributed by atoms with E-state index in [1.54, 1.807) is 12.4 Å². The van der Waals surface area contributed by atoms with E-state index in [1.165, 1.54) is 12.8 Å². The molecule has 4 nitrogen and oxygen atoms in total. The van der Waals surface area contributed by atoms with E-state index in [-0.39, 0.29) is 12.4 Å². The first kappa shape index (κ1) is 11.2. The van der Waals surface area contributed by atoms with Crippen LogP contribution in [0.3, 0.4) is 0 Å².